The van der Waals surface area contributed by atoms with Gasteiger partial charge in [0, 0.05) is 23.3 Å². The number of hydrogen-bond donors (Lipinski definition) is 2. The molecule has 0 saturated carbocycles. The van der Waals surface area contributed by atoms with Crippen molar-refractivity contribution in [1.29, 1.82) is 0 Å². The number of anilines is 2. The van der Waals surface area contributed by atoms with Crippen LogP contribution in [0.3, 0.4) is 0 Å². The normalized spacial score (nSPS) is 19.3. The fraction of sp³-hybridized carbons (Fsp3) is 0.318. The summed E-state index contributed by atoms with van der Waals surface area (Å²) in [6.07, 6.45) is -0.923. The highest BCUT2D eigenvalue weighted by Crippen LogP contribution is 2.27. The van der Waals surface area contributed by atoms with Gasteiger partial charge in [0.2, 0.25) is 0 Å². The summed E-state index contributed by atoms with van der Waals surface area (Å²) in [4.78, 5) is 19.6. The summed E-state index contributed by atoms with van der Waals surface area (Å²) in [5, 5.41) is 3.24. The Labute approximate surface area is 168 Å². The molecule has 0 radical (unpaired) electrons. The lowest BCUT2D eigenvalue weighted by atomic mass is 10.1. The number of carbonyl (C=O) groups is 1. The number of alkyl halides is 1. The van der Waals surface area contributed by atoms with Gasteiger partial charge in [0.05, 0.1) is 18.1 Å². The summed E-state index contributed by atoms with van der Waals surface area (Å²) in [7, 11) is 3.75. The van der Waals surface area contributed by atoms with Crippen LogP contribution in [0.25, 0.3) is 10.9 Å². The molecule has 4 rings (SSSR count). The molecule has 1 fully saturated rings. The summed E-state index contributed by atoms with van der Waals surface area (Å²) in [6, 6.07) is 11.8. The lowest BCUT2D eigenvalue weighted by Gasteiger charge is -2.22. The maximum Gasteiger partial charge on any atom is 0.272 e. The predicted octanol–water partition coefficient (Wildman–Crippen LogP) is 3.96. The van der Waals surface area contributed by atoms with Crippen molar-refractivity contribution in [3.05, 3.63) is 59.5 Å². The number of carbonyl (C=O) groups excluding carboxylic acids is 1. The minimum Gasteiger partial charge on any atom is -0.367 e. The lowest BCUT2D eigenvalue weighted by molar-refractivity contribution is 0.102. The Bertz CT molecular complexity index is 1020. The van der Waals surface area contributed by atoms with E-state index in [1.165, 1.54) is 12.1 Å². The van der Waals surface area contributed by atoms with Gasteiger partial charge in [0.1, 0.15) is 17.7 Å². The highest BCUT2D eigenvalue weighted by atomic mass is 19.1. The molecule has 5 nitrogen and oxygen atoms in total. The van der Waals surface area contributed by atoms with E-state index in [-0.39, 0.29) is 23.5 Å². The average Bonchev–Trinajstić information content (AvgIpc) is 3.30. The number of amides is 1. The Morgan fingerprint density at radius 2 is 2.00 bits per heavy atom. The standard InChI is InChI=1S/C22H24F2N4O/c1-13-7-8-17(23)16-10-19(26-21(13)16)22(29)25-14-5-4-6-15(9-14)28-11-18(24)20(12-28)27(2)3/h4-10,18,20,26H,11-12H2,1-3H3,(H,25,29). The quantitative estimate of drug-likeness (QED) is 0.700. The molecule has 2 heterocycles. The molecule has 1 aliphatic heterocycles. The van der Waals surface area contributed by atoms with Crippen molar-refractivity contribution in [3.8, 4) is 0 Å². The van der Waals surface area contributed by atoms with Gasteiger partial charge in [-0.25, -0.2) is 8.78 Å². The number of aryl methyl sites for hydroxylation is 1. The molecular formula is C22H24F2N4O. The third kappa shape index (κ3) is 3.70. The first-order chi connectivity index (χ1) is 13.8. The van der Waals surface area contributed by atoms with Gasteiger partial charge in [-0.1, -0.05) is 12.1 Å². The van der Waals surface area contributed by atoms with E-state index in [0.717, 1.165) is 11.3 Å². The highest BCUT2D eigenvalue weighted by Gasteiger charge is 2.34. The molecule has 2 N–H and O–H groups in total. The largest absolute Gasteiger partial charge is 0.367 e. The maximum atomic E-state index is 14.3. The van der Waals surface area contributed by atoms with E-state index < -0.39 is 6.17 Å². The summed E-state index contributed by atoms with van der Waals surface area (Å²) in [5.74, 6) is -0.721. The first kappa shape index (κ1) is 19.4. The molecule has 0 spiro atoms. The van der Waals surface area contributed by atoms with E-state index >= 15 is 0 Å². The van der Waals surface area contributed by atoms with E-state index in [9.17, 15) is 13.6 Å². The third-order valence-corrected chi connectivity index (χ3v) is 5.55. The van der Waals surface area contributed by atoms with Crippen LogP contribution in [-0.2, 0) is 0 Å². The number of nitrogens with one attached hydrogen (secondary N) is 2. The van der Waals surface area contributed by atoms with Crippen molar-refractivity contribution in [2.75, 3.05) is 37.4 Å². The molecule has 2 atom stereocenters. The van der Waals surface area contributed by atoms with E-state index in [4.69, 9.17) is 0 Å². The number of nitrogens with zero attached hydrogens (tertiary/aromatic N) is 2. The monoisotopic (exact) mass is 398 g/mol. The van der Waals surface area contributed by atoms with E-state index in [2.05, 4.69) is 10.3 Å². The predicted molar refractivity (Wildman–Crippen MR) is 112 cm³/mol. The van der Waals surface area contributed by atoms with E-state index in [0.29, 0.717) is 29.7 Å². The lowest BCUT2D eigenvalue weighted by Crippen LogP contribution is -2.36. The number of hydrogen-bond acceptors (Lipinski definition) is 3. The fourth-order valence-corrected chi connectivity index (χ4v) is 3.87. The summed E-state index contributed by atoms with van der Waals surface area (Å²) >= 11 is 0. The van der Waals surface area contributed by atoms with Crippen LogP contribution in [0.1, 0.15) is 16.1 Å². The molecule has 0 bridgehead atoms. The van der Waals surface area contributed by atoms with Gasteiger partial charge in [-0.3, -0.25) is 4.79 Å². The van der Waals surface area contributed by atoms with Gasteiger partial charge >= 0.3 is 0 Å². The second kappa shape index (κ2) is 7.48. The number of halogens is 2. The van der Waals surface area contributed by atoms with Crippen LogP contribution in [0.4, 0.5) is 20.2 Å². The van der Waals surface area contributed by atoms with Crippen molar-refractivity contribution < 1.29 is 13.6 Å². The maximum absolute atomic E-state index is 14.3. The number of rotatable bonds is 4. The van der Waals surface area contributed by atoms with Crippen molar-refractivity contribution in [2.45, 2.75) is 19.1 Å². The zero-order chi connectivity index (χ0) is 20.7. The van der Waals surface area contributed by atoms with Crippen molar-refractivity contribution in [1.82, 2.24) is 9.88 Å². The number of aromatic amines is 1. The van der Waals surface area contributed by atoms with Crippen LogP contribution in [0.5, 0.6) is 0 Å². The molecule has 1 saturated heterocycles. The molecule has 0 aliphatic carbocycles. The summed E-state index contributed by atoms with van der Waals surface area (Å²) in [6.45, 7) is 2.77. The Morgan fingerprint density at radius 3 is 2.69 bits per heavy atom. The number of fused-ring (bicyclic) bond motifs is 1. The smallest absolute Gasteiger partial charge is 0.272 e. The van der Waals surface area contributed by atoms with Gasteiger partial charge in [-0.15, -0.1) is 0 Å². The zero-order valence-corrected chi connectivity index (χ0v) is 16.7. The molecule has 1 aromatic heterocycles. The van der Waals surface area contributed by atoms with Crippen molar-refractivity contribution in [3.63, 3.8) is 0 Å². The van der Waals surface area contributed by atoms with Crippen LogP contribution >= 0.6 is 0 Å². The van der Waals surface area contributed by atoms with Gasteiger partial charge in [0.15, 0.2) is 0 Å². The Balaban J connectivity index is 1.53. The second-order valence-electron chi connectivity index (χ2n) is 7.79. The van der Waals surface area contributed by atoms with Crippen LogP contribution in [-0.4, -0.2) is 55.2 Å². The molecule has 7 heteroatoms. The highest BCUT2D eigenvalue weighted by molar-refractivity contribution is 6.06. The first-order valence-electron chi connectivity index (χ1n) is 9.58. The zero-order valence-electron chi connectivity index (χ0n) is 16.7. The minimum absolute atomic E-state index is 0.155. The van der Waals surface area contributed by atoms with Gasteiger partial charge in [-0.2, -0.15) is 0 Å². The van der Waals surface area contributed by atoms with Gasteiger partial charge in [0.25, 0.3) is 5.91 Å². The molecule has 2 unspecified atom stereocenters. The average molecular weight is 398 g/mol. The van der Waals surface area contributed by atoms with Crippen LogP contribution in [0.15, 0.2) is 42.5 Å². The molecular weight excluding hydrogens is 374 g/mol. The number of H-pyrrole nitrogens is 1. The SMILES string of the molecule is Cc1ccc(F)c2cc(C(=O)Nc3cccc(N4CC(F)C(N(C)C)C4)c3)[nH]c12. The first-order valence-corrected chi connectivity index (χ1v) is 9.58. The Morgan fingerprint density at radius 1 is 1.21 bits per heavy atom. The van der Waals surface area contributed by atoms with E-state index in [1.54, 1.807) is 12.1 Å². The number of likely N-dealkylation sites (N-methyl/N-ethyl adjacent to an activating group) is 1. The van der Waals surface area contributed by atoms with Crippen molar-refractivity contribution >= 4 is 28.2 Å². The van der Waals surface area contributed by atoms with Crippen molar-refractivity contribution in [2.24, 2.45) is 0 Å². The van der Waals surface area contributed by atoms with Gasteiger partial charge < -0.3 is 20.1 Å². The summed E-state index contributed by atoms with van der Waals surface area (Å²) < 4.78 is 28.3. The molecule has 1 amide bonds. The second-order valence-corrected chi connectivity index (χ2v) is 7.79. The fourth-order valence-electron chi connectivity index (χ4n) is 3.87. The molecule has 1 aliphatic rings. The molecule has 2 aromatic carbocycles. The van der Waals surface area contributed by atoms with Crippen LogP contribution < -0.4 is 10.2 Å². The van der Waals surface area contributed by atoms with E-state index in [1.807, 2.05) is 49.0 Å². The molecule has 3 aromatic rings. The number of aromatic nitrogens is 1. The topological polar surface area (TPSA) is 51.4 Å². The third-order valence-electron chi connectivity index (χ3n) is 5.55. The van der Waals surface area contributed by atoms with Crippen LogP contribution in [0, 0.1) is 12.7 Å². The minimum atomic E-state index is -0.923. The molecule has 152 valence electrons. The Hall–Kier alpha value is -2.93. The van der Waals surface area contributed by atoms with Crippen LogP contribution in [0.2, 0.25) is 0 Å². The van der Waals surface area contributed by atoms with Gasteiger partial charge in [-0.05, 0) is 56.9 Å². The molecule has 29 heavy (non-hydrogen) atoms. The summed E-state index contributed by atoms with van der Waals surface area (Å²) in [5.41, 5.74) is 3.23. The number of benzene rings is 2. The Kier molecular flexibility index (Phi) is 5.00.